The van der Waals surface area contributed by atoms with Crippen molar-refractivity contribution in [1.82, 2.24) is 0 Å². The van der Waals surface area contributed by atoms with Gasteiger partial charge in [-0.2, -0.15) is 11.1 Å². The highest BCUT2D eigenvalue weighted by atomic mass is 35.6. The van der Waals surface area contributed by atoms with Crippen molar-refractivity contribution in [1.29, 1.82) is 0 Å². The minimum atomic E-state index is -1.48. The second kappa shape index (κ2) is 5.65. The number of carbonyl (C=O) groups excluding carboxylic acids is 1. The molecule has 0 rings (SSSR count). The van der Waals surface area contributed by atoms with E-state index in [2.05, 4.69) is 13.1 Å². The first kappa shape index (κ1) is 13.0. The van der Waals surface area contributed by atoms with Crippen LogP contribution >= 0.6 is 11.1 Å². The van der Waals surface area contributed by atoms with E-state index >= 15 is 0 Å². The SMILES string of the molecule is CC(C)C(=O)OCCC[Si](C)(C)Cl. The van der Waals surface area contributed by atoms with Gasteiger partial charge in [0.1, 0.15) is 0 Å². The van der Waals surface area contributed by atoms with Crippen molar-refractivity contribution in [2.45, 2.75) is 39.4 Å². The number of ether oxygens (including phenoxy) is 1. The molecule has 0 aliphatic heterocycles. The van der Waals surface area contributed by atoms with E-state index in [0.717, 1.165) is 12.5 Å². The summed E-state index contributed by atoms with van der Waals surface area (Å²) in [6.07, 6.45) is 0.890. The zero-order valence-electron chi connectivity index (χ0n) is 8.89. The van der Waals surface area contributed by atoms with Crippen molar-refractivity contribution in [3.8, 4) is 0 Å². The van der Waals surface area contributed by atoms with Crippen molar-refractivity contribution in [2.75, 3.05) is 6.61 Å². The van der Waals surface area contributed by atoms with Crippen molar-refractivity contribution >= 4 is 24.4 Å². The van der Waals surface area contributed by atoms with Crippen LogP contribution in [0.4, 0.5) is 0 Å². The van der Waals surface area contributed by atoms with Crippen molar-refractivity contribution in [2.24, 2.45) is 5.92 Å². The van der Waals surface area contributed by atoms with Crippen molar-refractivity contribution in [3.05, 3.63) is 0 Å². The fourth-order valence-corrected chi connectivity index (χ4v) is 2.22. The van der Waals surface area contributed by atoms with Gasteiger partial charge in [-0.1, -0.05) is 26.9 Å². The zero-order valence-corrected chi connectivity index (χ0v) is 10.6. The largest absolute Gasteiger partial charge is 0.465 e. The van der Waals surface area contributed by atoms with Gasteiger partial charge in [-0.05, 0) is 12.5 Å². The lowest BCUT2D eigenvalue weighted by Gasteiger charge is -2.12. The molecule has 0 unspecified atom stereocenters. The van der Waals surface area contributed by atoms with Gasteiger partial charge in [-0.25, -0.2) is 0 Å². The Kier molecular flexibility index (Phi) is 5.64. The molecule has 13 heavy (non-hydrogen) atoms. The van der Waals surface area contributed by atoms with E-state index in [0.29, 0.717) is 6.61 Å². The smallest absolute Gasteiger partial charge is 0.308 e. The molecule has 0 bridgehead atoms. The maximum atomic E-state index is 11.0. The molecule has 78 valence electrons. The Bertz CT molecular complexity index is 163. The van der Waals surface area contributed by atoms with Crippen molar-refractivity contribution in [3.63, 3.8) is 0 Å². The lowest BCUT2D eigenvalue weighted by atomic mass is 10.2. The average Bonchev–Trinajstić information content (AvgIpc) is 1.95. The first-order valence-electron chi connectivity index (χ1n) is 4.68. The monoisotopic (exact) mass is 222 g/mol. The molecule has 0 saturated heterocycles. The van der Waals surface area contributed by atoms with Crippen LogP contribution in [0.2, 0.25) is 19.1 Å². The molecule has 0 amide bonds. The highest BCUT2D eigenvalue weighted by Crippen LogP contribution is 2.16. The third-order valence-corrected chi connectivity index (χ3v) is 3.74. The van der Waals surface area contributed by atoms with Crippen LogP contribution in [0.5, 0.6) is 0 Å². The van der Waals surface area contributed by atoms with Crippen LogP contribution in [-0.2, 0) is 9.53 Å². The van der Waals surface area contributed by atoms with Crippen LogP contribution in [0.25, 0.3) is 0 Å². The standard InChI is InChI=1S/C9H19ClO2Si/c1-8(2)9(11)12-6-5-7-13(3,4)10/h8H,5-7H2,1-4H3. The minimum absolute atomic E-state index is 0.0266. The molecular weight excluding hydrogens is 204 g/mol. The number of hydrogen-bond acceptors (Lipinski definition) is 2. The molecule has 0 saturated carbocycles. The number of hydrogen-bond donors (Lipinski definition) is 0. The molecule has 0 radical (unpaired) electrons. The van der Waals surface area contributed by atoms with E-state index in [1.165, 1.54) is 0 Å². The Labute approximate surface area is 86.3 Å². The number of esters is 1. The molecule has 0 atom stereocenters. The fraction of sp³-hybridized carbons (Fsp3) is 0.889. The van der Waals surface area contributed by atoms with Gasteiger partial charge >= 0.3 is 5.97 Å². The third-order valence-electron chi connectivity index (χ3n) is 1.63. The van der Waals surface area contributed by atoms with Crippen LogP contribution in [-0.4, -0.2) is 20.0 Å². The predicted molar refractivity (Wildman–Crippen MR) is 58.6 cm³/mol. The summed E-state index contributed by atoms with van der Waals surface area (Å²) in [5.41, 5.74) is 0. The molecule has 0 aliphatic rings. The second-order valence-electron chi connectivity index (χ2n) is 4.14. The lowest BCUT2D eigenvalue weighted by molar-refractivity contribution is -0.147. The quantitative estimate of drug-likeness (QED) is 0.309. The highest BCUT2D eigenvalue weighted by Gasteiger charge is 2.16. The molecule has 0 aromatic carbocycles. The Balaban J connectivity index is 3.42. The summed E-state index contributed by atoms with van der Waals surface area (Å²) in [6.45, 7) is 8.38. The molecule has 0 spiro atoms. The van der Waals surface area contributed by atoms with Gasteiger partial charge in [0.25, 0.3) is 0 Å². The Hall–Kier alpha value is -0.0231. The normalized spacial score (nSPS) is 11.8. The zero-order chi connectivity index (χ0) is 10.5. The number of rotatable bonds is 5. The van der Waals surface area contributed by atoms with Gasteiger partial charge in [0, 0.05) is 0 Å². The summed E-state index contributed by atoms with van der Waals surface area (Å²) in [7, 11) is -1.48. The van der Waals surface area contributed by atoms with Crippen LogP contribution in [0, 0.1) is 5.92 Å². The maximum Gasteiger partial charge on any atom is 0.308 e. The number of halogens is 1. The van der Waals surface area contributed by atoms with Gasteiger partial charge in [0.2, 0.25) is 0 Å². The van der Waals surface area contributed by atoms with E-state index in [-0.39, 0.29) is 11.9 Å². The third kappa shape index (κ3) is 8.31. The van der Waals surface area contributed by atoms with Gasteiger partial charge in [-0.3, -0.25) is 4.79 Å². The molecular formula is C9H19ClO2Si. The summed E-state index contributed by atoms with van der Waals surface area (Å²) in [5.74, 6) is -0.143. The van der Waals surface area contributed by atoms with Gasteiger partial charge < -0.3 is 4.74 Å². The predicted octanol–water partition coefficient (Wildman–Crippen LogP) is 3.02. The minimum Gasteiger partial charge on any atom is -0.465 e. The maximum absolute atomic E-state index is 11.0. The van der Waals surface area contributed by atoms with Gasteiger partial charge in [0.15, 0.2) is 7.38 Å². The van der Waals surface area contributed by atoms with Crippen LogP contribution in [0.1, 0.15) is 20.3 Å². The molecule has 0 aliphatic carbocycles. The Morgan fingerprint density at radius 1 is 1.46 bits per heavy atom. The van der Waals surface area contributed by atoms with Crippen molar-refractivity contribution < 1.29 is 9.53 Å². The summed E-state index contributed by atoms with van der Waals surface area (Å²) in [4.78, 5) is 11.0. The van der Waals surface area contributed by atoms with E-state index in [1.54, 1.807) is 0 Å². The molecule has 4 heteroatoms. The second-order valence-corrected chi connectivity index (χ2v) is 11.2. The first-order valence-corrected chi connectivity index (χ1v) is 8.90. The average molecular weight is 223 g/mol. The van der Waals surface area contributed by atoms with Crippen LogP contribution in [0.3, 0.4) is 0 Å². The molecule has 2 nitrogen and oxygen atoms in total. The summed E-state index contributed by atoms with van der Waals surface area (Å²) < 4.78 is 5.02. The summed E-state index contributed by atoms with van der Waals surface area (Å²) >= 11 is 6.11. The molecule has 0 fully saturated rings. The summed E-state index contributed by atoms with van der Waals surface area (Å²) in [5, 5.41) is 0. The number of carbonyl (C=O) groups is 1. The van der Waals surface area contributed by atoms with Crippen LogP contribution < -0.4 is 0 Å². The van der Waals surface area contributed by atoms with E-state index < -0.39 is 7.38 Å². The molecule has 0 N–H and O–H groups in total. The first-order chi connectivity index (χ1) is 5.83. The molecule has 0 aromatic rings. The van der Waals surface area contributed by atoms with Gasteiger partial charge in [-0.15, -0.1) is 0 Å². The Morgan fingerprint density at radius 3 is 2.38 bits per heavy atom. The fourth-order valence-electron chi connectivity index (χ4n) is 0.832. The Morgan fingerprint density at radius 2 is 2.00 bits per heavy atom. The lowest BCUT2D eigenvalue weighted by Crippen LogP contribution is -2.18. The topological polar surface area (TPSA) is 26.3 Å². The van der Waals surface area contributed by atoms with Crippen LogP contribution in [0.15, 0.2) is 0 Å². The van der Waals surface area contributed by atoms with E-state index in [9.17, 15) is 4.79 Å². The summed E-state index contributed by atoms with van der Waals surface area (Å²) in [6, 6.07) is 1.000. The highest BCUT2D eigenvalue weighted by molar-refractivity contribution is 7.19. The van der Waals surface area contributed by atoms with E-state index in [1.807, 2.05) is 13.8 Å². The molecule has 0 aromatic heterocycles. The van der Waals surface area contributed by atoms with E-state index in [4.69, 9.17) is 15.8 Å². The molecule has 0 heterocycles. The van der Waals surface area contributed by atoms with Gasteiger partial charge in [0.05, 0.1) is 12.5 Å².